The molecule has 14 heavy (non-hydrogen) atoms. The van der Waals surface area contributed by atoms with Crippen molar-refractivity contribution in [3.63, 3.8) is 0 Å². The van der Waals surface area contributed by atoms with E-state index in [0.717, 1.165) is 0 Å². The molecule has 6 nitrogen and oxygen atoms in total. The molecule has 0 spiro atoms. The van der Waals surface area contributed by atoms with E-state index < -0.39 is 10.0 Å². The Labute approximate surface area is 81.9 Å². The zero-order chi connectivity index (χ0) is 10.0. The molecular formula is C7H10N3O3S. The molecule has 0 aliphatic carbocycles. The average Bonchev–Trinajstić information content (AvgIpc) is 2.72. The number of hydrogen-bond acceptors (Lipinski definition) is 4. The third-order valence-corrected chi connectivity index (χ3v) is 3.82. The van der Waals surface area contributed by atoms with Gasteiger partial charge in [-0.1, -0.05) is 0 Å². The van der Waals surface area contributed by atoms with Crippen LogP contribution in [0.25, 0.3) is 0 Å². The molecule has 1 aliphatic heterocycles. The van der Waals surface area contributed by atoms with Gasteiger partial charge >= 0.3 is 0 Å². The van der Waals surface area contributed by atoms with Crippen LogP contribution in [-0.4, -0.2) is 49.2 Å². The predicted octanol–water partition coefficient (Wildman–Crippen LogP) is -0.769. The Bertz CT molecular complexity index is 380. The zero-order valence-corrected chi connectivity index (χ0v) is 8.25. The summed E-state index contributed by atoms with van der Waals surface area (Å²) in [5.74, 6) is 0. The molecule has 2 rings (SSSR count). The van der Waals surface area contributed by atoms with Crippen molar-refractivity contribution in [2.24, 2.45) is 0 Å². The number of aromatic nitrogens is 2. The van der Waals surface area contributed by atoms with Crippen molar-refractivity contribution in [2.45, 2.75) is 4.90 Å². The van der Waals surface area contributed by atoms with Gasteiger partial charge in [0.1, 0.15) is 11.1 Å². The van der Waals surface area contributed by atoms with Crippen LogP contribution < -0.4 is 0 Å². The largest absolute Gasteiger partial charge is 0.379 e. The van der Waals surface area contributed by atoms with E-state index in [1.807, 2.05) is 0 Å². The van der Waals surface area contributed by atoms with Crippen LogP contribution in [0.1, 0.15) is 0 Å². The highest BCUT2D eigenvalue weighted by Crippen LogP contribution is 2.14. The summed E-state index contributed by atoms with van der Waals surface area (Å²) in [5, 5.41) is 5.93. The second kappa shape index (κ2) is 3.68. The number of ether oxygens (including phenoxy) is 1. The molecule has 1 aromatic heterocycles. The quantitative estimate of drug-likeness (QED) is 0.704. The molecule has 77 valence electrons. The number of morpholine rings is 1. The Morgan fingerprint density at radius 3 is 2.79 bits per heavy atom. The second-order valence-corrected chi connectivity index (χ2v) is 4.78. The topological polar surface area (TPSA) is 75.3 Å². The summed E-state index contributed by atoms with van der Waals surface area (Å²) >= 11 is 0. The fourth-order valence-electron chi connectivity index (χ4n) is 1.27. The molecule has 7 heteroatoms. The third-order valence-electron chi connectivity index (χ3n) is 2.01. The van der Waals surface area contributed by atoms with Crippen molar-refractivity contribution in [3.8, 4) is 0 Å². The molecule has 1 saturated heterocycles. The SMILES string of the molecule is O=S(=O)(c1[c]n[nH]c1)N1CCOCC1. The summed E-state index contributed by atoms with van der Waals surface area (Å²) in [6.07, 6.45) is 3.72. The maximum atomic E-state index is 11.8. The maximum Gasteiger partial charge on any atom is 0.247 e. The predicted molar refractivity (Wildman–Crippen MR) is 47.0 cm³/mol. The van der Waals surface area contributed by atoms with Crippen molar-refractivity contribution in [1.82, 2.24) is 14.5 Å². The molecule has 0 unspecified atom stereocenters. The van der Waals surface area contributed by atoms with E-state index in [4.69, 9.17) is 4.74 Å². The Morgan fingerprint density at radius 2 is 2.21 bits per heavy atom. The molecule has 1 aliphatic rings. The summed E-state index contributed by atoms with van der Waals surface area (Å²) in [6.45, 7) is 1.66. The number of nitrogens with one attached hydrogen (secondary N) is 1. The number of rotatable bonds is 2. The summed E-state index contributed by atoms with van der Waals surface area (Å²) < 4.78 is 30.1. The van der Waals surface area contributed by atoms with Crippen LogP contribution in [0.3, 0.4) is 0 Å². The van der Waals surface area contributed by atoms with E-state index in [2.05, 4.69) is 16.4 Å². The monoisotopic (exact) mass is 216 g/mol. The van der Waals surface area contributed by atoms with E-state index in [9.17, 15) is 8.42 Å². The number of nitrogens with zero attached hydrogens (tertiary/aromatic N) is 2. The minimum absolute atomic E-state index is 0.0828. The fraction of sp³-hybridized carbons (Fsp3) is 0.571. The van der Waals surface area contributed by atoms with Crippen molar-refractivity contribution in [1.29, 1.82) is 0 Å². The molecular weight excluding hydrogens is 206 g/mol. The van der Waals surface area contributed by atoms with Crippen LogP contribution in [-0.2, 0) is 14.8 Å². The highest BCUT2D eigenvalue weighted by atomic mass is 32.2. The normalized spacial score (nSPS) is 19.7. The zero-order valence-electron chi connectivity index (χ0n) is 7.43. The van der Waals surface area contributed by atoms with E-state index >= 15 is 0 Å². The lowest BCUT2D eigenvalue weighted by atomic mass is 10.5. The Morgan fingerprint density at radius 1 is 1.50 bits per heavy atom. The smallest absolute Gasteiger partial charge is 0.247 e. The fourth-order valence-corrected chi connectivity index (χ4v) is 2.54. The van der Waals surface area contributed by atoms with Crippen LogP contribution >= 0.6 is 0 Å². The van der Waals surface area contributed by atoms with Crippen molar-refractivity contribution < 1.29 is 13.2 Å². The molecule has 0 saturated carbocycles. The van der Waals surface area contributed by atoms with Crippen LogP contribution in [0.5, 0.6) is 0 Å². The Balaban J connectivity index is 2.23. The first-order valence-electron chi connectivity index (χ1n) is 4.20. The molecule has 0 atom stereocenters. The average molecular weight is 216 g/mol. The molecule has 2 heterocycles. The second-order valence-electron chi connectivity index (χ2n) is 2.88. The van der Waals surface area contributed by atoms with Gasteiger partial charge in [0.2, 0.25) is 10.0 Å². The van der Waals surface area contributed by atoms with Gasteiger partial charge in [0.05, 0.1) is 13.2 Å². The lowest BCUT2D eigenvalue weighted by molar-refractivity contribution is 0.0730. The molecule has 1 N–H and O–H groups in total. The molecule has 0 bridgehead atoms. The van der Waals surface area contributed by atoms with Gasteiger partial charge in [-0.25, -0.2) is 8.42 Å². The highest BCUT2D eigenvalue weighted by molar-refractivity contribution is 7.89. The Kier molecular flexibility index (Phi) is 2.53. The number of H-pyrrole nitrogens is 1. The minimum atomic E-state index is -3.41. The van der Waals surface area contributed by atoms with E-state index in [-0.39, 0.29) is 4.90 Å². The van der Waals surface area contributed by atoms with Gasteiger partial charge in [-0.05, 0) is 0 Å². The summed E-state index contributed by atoms with van der Waals surface area (Å²) in [4.78, 5) is 0.0828. The van der Waals surface area contributed by atoms with Gasteiger partial charge < -0.3 is 4.74 Å². The van der Waals surface area contributed by atoms with Gasteiger partial charge in [-0.15, -0.1) is 0 Å². The lowest BCUT2D eigenvalue weighted by Crippen LogP contribution is -2.40. The number of aromatic amines is 1. The van der Waals surface area contributed by atoms with Crippen LogP contribution in [0.15, 0.2) is 11.1 Å². The molecule has 0 amide bonds. The van der Waals surface area contributed by atoms with Crippen molar-refractivity contribution in [3.05, 3.63) is 12.4 Å². The molecule has 1 aromatic rings. The van der Waals surface area contributed by atoms with E-state index in [0.29, 0.717) is 26.3 Å². The number of hydrogen-bond donors (Lipinski definition) is 1. The van der Waals surface area contributed by atoms with Gasteiger partial charge in [0, 0.05) is 19.3 Å². The summed E-state index contributed by atoms with van der Waals surface area (Å²) in [5.41, 5.74) is 0. The highest BCUT2D eigenvalue weighted by Gasteiger charge is 2.27. The molecule has 1 fully saturated rings. The van der Waals surface area contributed by atoms with Crippen molar-refractivity contribution >= 4 is 10.0 Å². The van der Waals surface area contributed by atoms with E-state index in [1.54, 1.807) is 0 Å². The standard InChI is InChI=1S/C7H10N3O3S/c11-14(12,7-5-8-9-6-7)10-1-3-13-4-2-10/h5H,1-4H2,(H,8,9). The van der Waals surface area contributed by atoms with Gasteiger partial charge in [0.15, 0.2) is 0 Å². The summed E-state index contributed by atoms with van der Waals surface area (Å²) in [6, 6.07) is 0. The van der Waals surface area contributed by atoms with Gasteiger partial charge in [0.25, 0.3) is 0 Å². The van der Waals surface area contributed by atoms with Crippen molar-refractivity contribution in [2.75, 3.05) is 26.3 Å². The molecule has 0 aromatic carbocycles. The molecule has 1 radical (unpaired) electrons. The first-order chi connectivity index (χ1) is 6.71. The summed E-state index contributed by atoms with van der Waals surface area (Å²) in [7, 11) is -3.41. The van der Waals surface area contributed by atoms with Crippen LogP contribution in [0, 0.1) is 6.20 Å². The van der Waals surface area contributed by atoms with Gasteiger partial charge in [-0.3, -0.25) is 5.10 Å². The maximum absolute atomic E-state index is 11.8. The van der Waals surface area contributed by atoms with Crippen LogP contribution in [0.4, 0.5) is 0 Å². The lowest BCUT2D eigenvalue weighted by Gasteiger charge is -2.25. The minimum Gasteiger partial charge on any atom is -0.379 e. The van der Waals surface area contributed by atoms with Crippen LogP contribution in [0.2, 0.25) is 0 Å². The van der Waals surface area contributed by atoms with Gasteiger partial charge in [-0.2, -0.15) is 9.40 Å². The number of sulfonamides is 1. The third kappa shape index (κ3) is 1.66. The Hall–Kier alpha value is -0.920. The van der Waals surface area contributed by atoms with E-state index in [1.165, 1.54) is 10.5 Å². The first kappa shape index (κ1) is 9.63. The first-order valence-corrected chi connectivity index (χ1v) is 5.64.